The second kappa shape index (κ2) is 12.4. The Balaban J connectivity index is 0.000000152. The van der Waals surface area contributed by atoms with Crippen molar-refractivity contribution in [2.45, 2.75) is 55.4 Å². The van der Waals surface area contributed by atoms with E-state index in [1.807, 2.05) is 0 Å². The molecule has 0 saturated carbocycles. The van der Waals surface area contributed by atoms with E-state index in [-0.39, 0.29) is 15.1 Å². The van der Waals surface area contributed by atoms with Gasteiger partial charge in [0.2, 0.25) is 0 Å². The van der Waals surface area contributed by atoms with Gasteiger partial charge in [0.1, 0.15) is 0 Å². The molecule has 0 radical (unpaired) electrons. The monoisotopic (exact) mass is 660 g/mol. The van der Waals surface area contributed by atoms with Gasteiger partial charge in [0, 0.05) is 20.5 Å². The predicted molar refractivity (Wildman–Crippen MR) is 219 cm³/mol. The highest BCUT2D eigenvalue weighted by atomic mass is 31.1. The third-order valence-corrected chi connectivity index (χ3v) is 14.8. The van der Waals surface area contributed by atoms with Gasteiger partial charge in [0.15, 0.2) is 0 Å². The zero-order chi connectivity index (χ0) is 34.0. The van der Waals surface area contributed by atoms with Crippen molar-refractivity contribution in [2.75, 3.05) is 0 Å². The van der Waals surface area contributed by atoms with Crippen molar-refractivity contribution in [1.82, 2.24) is 0 Å². The Hall–Kier alpha value is -4.08. The molecule has 0 aliphatic rings. The van der Waals surface area contributed by atoms with Crippen LogP contribution in [0.25, 0.3) is 64.3 Å². The third-order valence-electron chi connectivity index (χ3n) is 9.95. The van der Waals surface area contributed by atoms with Crippen molar-refractivity contribution < 1.29 is 0 Å². The van der Waals surface area contributed by atoms with E-state index in [1.165, 1.54) is 88.3 Å². The molecule has 6 aromatic carbocycles. The highest BCUT2D eigenvalue weighted by molar-refractivity contribution is 7.60. The molecule has 0 aliphatic heterocycles. The molecule has 0 nitrogen and oxygen atoms in total. The van der Waals surface area contributed by atoms with Crippen LogP contribution in [0.1, 0.15) is 44.5 Å². The molecule has 2 unspecified atom stereocenters. The van der Waals surface area contributed by atoms with Crippen LogP contribution < -0.4 is 0 Å². The van der Waals surface area contributed by atoms with Crippen LogP contribution in [0.15, 0.2) is 97.1 Å². The largest absolute Gasteiger partial charge is 0.111 e. The van der Waals surface area contributed by atoms with Crippen LogP contribution in [-0.2, 0) is 13.3 Å². The lowest BCUT2D eigenvalue weighted by Crippen LogP contribution is -1.83. The van der Waals surface area contributed by atoms with Crippen LogP contribution in [-0.4, -0.2) is 0 Å². The maximum Gasteiger partial charge on any atom is 0.00995 e. The maximum atomic E-state index is 2.43. The molecule has 0 N–H and O–H groups in total. The normalized spacial score (nSPS) is 12.3. The number of rotatable bonds is 2. The van der Waals surface area contributed by atoms with Crippen LogP contribution in [0.3, 0.4) is 0 Å². The Kier molecular flexibility index (Phi) is 8.40. The molecule has 0 bridgehead atoms. The molecule has 8 rings (SSSR count). The average molecular weight is 661 g/mol. The molecule has 240 valence electrons. The maximum absolute atomic E-state index is 2.43. The SMILES string of the molecule is Cc1cc(C)cc(-c2cccc3c4cc(C)cc(C)c4p(C)c23)c1.Cc1cc(C)cc(-c2cccc3c4cc(C)cc(C)c4p(C)c23)c1. The van der Waals surface area contributed by atoms with E-state index in [0.29, 0.717) is 0 Å². The molecule has 0 spiro atoms. The van der Waals surface area contributed by atoms with Crippen molar-refractivity contribution in [3.63, 3.8) is 0 Å². The fourth-order valence-corrected chi connectivity index (χ4v) is 13.4. The van der Waals surface area contributed by atoms with E-state index in [0.717, 1.165) is 0 Å². The molecule has 2 heterocycles. The third kappa shape index (κ3) is 5.60. The lowest BCUT2D eigenvalue weighted by atomic mass is 9.98. The summed E-state index contributed by atoms with van der Waals surface area (Å²) in [5.41, 5.74) is 16.5. The Morgan fingerprint density at radius 1 is 0.333 bits per heavy atom. The van der Waals surface area contributed by atoms with Gasteiger partial charge >= 0.3 is 0 Å². The lowest BCUT2D eigenvalue weighted by molar-refractivity contribution is 1.39. The second-order valence-electron chi connectivity index (χ2n) is 14.2. The highest BCUT2D eigenvalue weighted by Crippen LogP contribution is 2.53. The van der Waals surface area contributed by atoms with Crippen LogP contribution in [0.5, 0.6) is 0 Å². The summed E-state index contributed by atoms with van der Waals surface area (Å²) in [6, 6.07) is 36.9. The fourth-order valence-electron chi connectivity index (χ4n) is 8.42. The molecule has 2 aromatic heterocycles. The highest BCUT2D eigenvalue weighted by Gasteiger charge is 2.17. The number of benzene rings is 6. The van der Waals surface area contributed by atoms with Crippen molar-refractivity contribution in [2.24, 2.45) is 13.3 Å². The molecule has 0 saturated heterocycles. The number of hydrogen-bond donors (Lipinski definition) is 0. The first kappa shape index (κ1) is 32.5. The molecule has 0 amide bonds. The summed E-state index contributed by atoms with van der Waals surface area (Å²) in [6.07, 6.45) is 0. The van der Waals surface area contributed by atoms with Gasteiger partial charge in [0.05, 0.1) is 0 Å². The minimum Gasteiger partial charge on any atom is -0.111 e. The standard InChI is InChI=1S/2C23H23P/c2*1-14-9-15(2)12-18(11-14)19-7-6-8-20-21-13-16(3)10-17(4)22(21)24(5)23(19)20/h2*6-13H,1-5H3. The summed E-state index contributed by atoms with van der Waals surface area (Å²) in [6.45, 7) is 22.6. The molecule has 2 heteroatoms. The first-order valence-corrected chi connectivity index (χ1v) is 20.6. The van der Waals surface area contributed by atoms with Crippen molar-refractivity contribution in [3.8, 4) is 22.3 Å². The molecule has 48 heavy (non-hydrogen) atoms. The Labute approximate surface area is 288 Å². The Morgan fingerprint density at radius 3 is 1.02 bits per heavy atom. The first-order chi connectivity index (χ1) is 22.9. The molecule has 2 atom stereocenters. The molecular weight excluding hydrogens is 614 g/mol. The summed E-state index contributed by atoms with van der Waals surface area (Å²) in [5.74, 6) is 0. The minimum absolute atomic E-state index is 0.294. The van der Waals surface area contributed by atoms with Crippen LogP contribution >= 0.6 is 15.1 Å². The summed E-state index contributed by atoms with van der Waals surface area (Å²) in [5, 5.41) is 12.1. The number of aryl methyl sites for hydroxylation is 10. The number of fused-ring (bicyclic) bond motifs is 6. The van der Waals surface area contributed by atoms with E-state index in [1.54, 1.807) is 20.5 Å². The molecular formula is C46H46P2. The van der Waals surface area contributed by atoms with Gasteiger partial charge in [-0.1, -0.05) is 130 Å². The van der Waals surface area contributed by atoms with Gasteiger partial charge in [-0.05, 0) is 124 Å². The fraction of sp³-hybridized carbons (Fsp3) is 0.217. The molecule has 8 aromatic rings. The average Bonchev–Trinajstić information content (AvgIpc) is 3.47. The van der Waals surface area contributed by atoms with Crippen molar-refractivity contribution in [1.29, 1.82) is 0 Å². The quantitative estimate of drug-likeness (QED) is 0.173. The van der Waals surface area contributed by atoms with Gasteiger partial charge in [-0.25, -0.2) is 0 Å². The van der Waals surface area contributed by atoms with E-state index >= 15 is 0 Å². The summed E-state index contributed by atoms with van der Waals surface area (Å²) >= 11 is 0. The Bertz CT molecular complexity index is 2330. The van der Waals surface area contributed by atoms with Gasteiger partial charge in [-0.15, -0.1) is 15.1 Å². The van der Waals surface area contributed by atoms with E-state index in [4.69, 9.17) is 0 Å². The van der Waals surface area contributed by atoms with E-state index < -0.39 is 0 Å². The second-order valence-corrected chi connectivity index (χ2v) is 18.3. The van der Waals surface area contributed by atoms with Gasteiger partial charge in [-0.3, -0.25) is 0 Å². The minimum atomic E-state index is -0.294. The summed E-state index contributed by atoms with van der Waals surface area (Å²) < 4.78 is 0. The predicted octanol–water partition coefficient (Wildman–Crippen LogP) is 14.8. The zero-order valence-corrected chi connectivity index (χ0v) is 31.9. The summed E-state index contributed by atoms with van der Waals surface area (Å²) in [4.78, 5) is 0. The Morgan fingerprint density at radius 2 is 0.667 bits per heavy atom. The smallest absolute Gasteiger partial charge is 0.00995 e. The van der Waals surface area contributed by atoms with E-state index in [2.05, 4.69) is 166 Å². The van der Waals surface area contributed by atoms with Crippen molar-refractivity contribution in [3.05, 3.63) is 142 Å². The molecule has 0 fully saturated rings. The van der Waals surface area contributed by atoms with Gasteiger partial charge < -0.3 is 0 Å². The first-order valence-electron chi connectivity index (χ1n) is 17.1. The lowest BCUT2D eigenvalue weighted by Gasteiger charge is -2.08. The van der Waals surface area contributed by atoms with Crippen LogP contribution in [0.2, 0.25) is 0 Å². The van der Waals surface area contributed by atoms with Gasteiger partial charge in [-0.2, -0.15) is 0 Å². The topological polar surface area (TPSA) is 0 Å². The van der Waals surface area contributed by atoms with Crippen LogP contribution in [0.4, 0.5) is 0 Å². The molecule has 0 aliphatic carbocycles. The summed E-state index contributed by atoms with van der Waals surface area (Å²) in [7, 11) is -0.587. The van der Waals surface area contributed by atoms with Gasteiger partial charge in [0.25, 0.3) is 0 Å². The number of hydrogen-bond acceptors (Lipinski definition) is 0. The van der Waals surface area contributed by atoms with E-state index in [9.17, 15) is 0 Å². The van der Waals surface area contributed by atoms with Crippen molar-refractivity contribution >= 4 is 57.1 Å². The van der Waals surface area contributed by atoms with Crippen LogP contribution in [0, 0.1) is 55.4 Å². The zero-order valence-electron chi connectivity index (χ0n) is 30.1.